The molecule has 2 N–H and O–H groups in total. The molecular formula is C15H17NO3. The predicted octanol–water partition coefficient (Wildman–Crippen LogP) is 2.89. The minimum Gasteiger partial charge on any atom is -0.481 e. The molecule has 0 spiro atoms. The molecule has 100 valence electrons. The SMILES string of the molecule is CC=CC=C[C@H](CC(=O)O)Nc1ccc(C=O)cc1. The summed E-state index contributed by atoms with van der Waals surface area (Å²) < 4.78 is 0. The van der Waals surface area contributed by atoms with Crippen LogP contribution in [0.1, 0.15) is 23.7 Å². The van der Waals surface area contributed by atoms with E-state index in [9.17, 15) is 9.59 Å². The predicted molar refractivity (Wildman–Crippen MR) is 75.4 cm³/mol. The van der Waals surface area contributed by atoms with Crippen LogP contribution in [0.2, 0.25) is 0 Å². The molecule has 1 aromatic carbocycles. The van der Waals surface area contributed by atoms with E-state index in [0.29, 0.717) is 5.56 Å². The third-order valence-corrected chi connectivity index (χ3v) is 2.44. The number of nitrogens with one attached hydrogen (secondary N) is 1. The Balaban J connectivity index is 2.74. The van der Waals surface area contributed by atoms with Gasteiger partial charge in [-0.1, -0.05) is 24.3 Å². The number of aliphatic carboxylic acids is 1. The first-order valence-corrected chi connectivity index (χ1v) is 5.98. The zero-order valence-electron chi connectivity index (χ0n) is 10.7. The van der Waals surface area contributed by atoms with Crippen molar-refractivity contribution in [1.82, 2.24) is 0 Å². The summed E-state index contributed by atoms with van der Waals surface area (Å²) in [4.78, 5) is 21.3. The van der Waals surface area contributed by atoms with Crippen molar-refractivity contribution >= 4 is 17.9 Å². The van der Waals surface area contributed by atoms with Crippen molar-refractivity contribution in [2.75, 3.05) is 5.32 Å². The van der Waals surface area contributed by atoms with Gasteiger partial charge in [0.25, 0.3) is 0 Å². The highest BCUT2D eigenvalue weighted by atomic mass is 16.4. The molecule has 19 heavy (non-hydrogen) atoms. The van der Waals surface area contributed by atoms with Crippen molar-refractivity contribution in [3.8, 4) is 0 Å². The van der Waals surface area contributed by atoms with Crippen LogP contribution in [0, 0.1) is 0 Å². The van der Waals surface area contributed by atoms with Gasteiger partial charge in [-0.2, -0.15) is 0 Å². The lowest BCUT2D eigenvalue weighted by molar-refractivity contribution is -0.137. The monoisotopic (exact) mass is 259 g/mol. The summed E-state index contributed by atoms with van der Waals surface area (Å²) in [5, 5.41) is 12.0. The van der Waals surface area contributed by atoms with E-state index < -0.39 is 5.97 Å². The summed E-state index contributed by atoms with van der Waals surface area (Å²) in [6.07, 6.45) is 8.06. The zero-order valence-corrected chi connectivity index (χ0v) is 10.7. The number of carboxylic acid groups (broad SMARTS) is 1. The molecule has 0 saturated heterocycles. The fourth-order valence-electron chi connectivity index (χ4n) is 1.54. The van der Waals surface area contributed by atoms with Gasteiger partial charge in [-0.3, -0.25) is 9.59 Å². The topological polar surface area (TPSA) is 66.4 Å². The van der Waals surface area contributed by atoms with Crippen molar-refractivity contribution in [2.24, 2.45) is 0 Å². The Morgan fingerprint density at radius 1 is 1.32 bits per heavy atom. The minimum atomic E-state index is -0.868. The van der Waals surface area contributed by atoms with Crippen LogP contribution < -0.4 is 5.32 Å². The van der Waals surface area contributed by atoms with Gasteiger partial charge >= 0.3 is 5.97 Å². The maximum absolute atomic E-state index is 10.8. The molecule has 4 heteroatoms. The number of carbonyl (C=O) groups excluding carboxylic acids is 1. The summed E-state index contributed by atoms with van der Waals surface area (Å²) >= 11 is 0. The van der Waals surface area contributed by atoms with E-state index in [-0.39, 0.29) is 12.5 Å². The van der Waals surface area contributed by atoms with Gasteiger partial charge in [0.1, 0.15) is 6.29 Å². The molecule has 4 nitrogen and oxygen atoms in total. The number of anilines is 1. The summed E-state index contributed by atoms with van der Waals surface area (Å²) in [6, 6.07) is 6.58. The summed E-state index contributed by atoms with van der Waals surface area (Å²) in [5.41, 5.74) is 1.37. The van der Waals surface area contributed by atoms with Gasteiger partial charge in [0.15, 0.2) is 0 Å². The summed E-state index contributed by atoms with van der Waals surface area (Å²) in [5.74, 6) is -0.868. The molecule has 1 atom stereocenters. The lowest BCUT2D eigenvalue weighted by Crippen LogP contribution is -2.20. The van der Waals surface area contributed by atoms with Crippen LogP contribution in [0.4, 0.5) is 5.69 Å². The van der Waals surface area contributed by atoms with E-state index in [1.165, 1.54) is 0 Å². The largest absolute Gasteiger partial charge is 0.481 e. The third-order valence-electron chi connectivity index (χ3n) is 2.44. The van der Waals surface area contributed by atoms with Crippen molar-refractivity contribution in [3.05, 3.63) is 54.1 Å². The van der Waals surface area contributed by atoms with E-state index in [0.717, 1.165) is 12.0 Å². The van der Waals surface area contributed by atoms with Gasteiger partial charge < -0.3 is 10.4 Å². The Morgan fingerprint density at radius 2 is 2.00 bits per heavy atom. The van der Waals surface area contributed by atoms with E-state index in [1.54, 1.807) is 36.4 Å². The van der Waals surface area contributed by atoms with Crippen molar-refractivity contribution < 1.29 is 14.7 Å². The maximum Gasteiger partial charge on any atom is 0.305 e. The molecule has 0 heterocycles. The lowest BCUT2D eigenvalue weighted by Gasteiger charge is -2.14. The van der Waals surface area contributed by atoms with Crippen molar-refractivity contribution in [3.63, 3.8) is 0 Å². The van der Waals surface area contributed by atoms with E-state index in [2.05, 4.69) is 5.32 Å². The molecule has 0 aliphatic rings. The van der Waals surface area contributed by atoms with Gasteiger partial charge in [-0.25, -0.2) is 0 Å². The third kappa shape index (κ3) is 5.68. The Labute approximate surface area is 112 Å². The molecule has 0 amide bonds. The highest BCUT2D eigenvalue weighted by Crippen LogP contribution is 2.12. The van der Waals surface area contributed by atoms with Gasteiger partial charge in [-0.05, 0) is 31.2 Å². The van der Waals surface area contributed by atoms with Crippen LogP contribution in [-0.4, -0.2) is 23.4 Å². The minimum absolute atomic E-state index is 0.0104. The fourth-order valence-corrected chi connectivity index (χ4v) is 1.54. The van der Waals surface area contributed by atoms with Gasteiger partial charge in [0, 0.05) is 11.3 Å². The first kappa shape index (κ1) is 14.7. The number of carbonyl (C=O) groups is 2. The normalized spacial score (nSPS) is 12.7. The quantitative estimate of drug-likeness (QED) is 0.583. The number of carboxylic acids is 1. The highest BCUT2D eigenvalue weighted by molar-refractivity contribution is 5.75. The standard InChI is InChI=1S/C15H17NO3/c1-2-3-4-5-14(10-15(18)19)16-13-8-6-12(11-17)7-9-13/h2-9,11,14,16H,10H2,1H3,(H,18,19)/t14-/m1/s1. The van der Waals surface area contributed by atoms with Crippen LogP contribution >= 0.6 is 0 Å². The summed E-state index contributed by atoms with van der Waals surface area (Å²) in [7, 11) is 0. The van der Waals surface area contributed by atoms with Gasteiger partial charge in [0.05, 0.1) is 12.5 Å². The van der Waals surface area contributed by atoms with Crippen molar-refractivity contribution in [1.29, 1.82) is 0 Å². The molecular weight excluding hydrogens is 242 g/mol. The second-order valence-electron chi connectivity index (χ2n) is 4.00. The van der Waals surface area contributed by atoms with E-state index in [1.807, 2.05) is 19.1 Å². The number of hydrogen-bond acceptors (Lipinski definition) is 3. The molecule has 0 aliphatic heterocycles. The van der Waals surface area contributed by atoms with Crippen molar-refractivity contribution in [2.45, 2.75) is 19.4 Å². The molecule has 0 aliphatic carbocycles. The lowest BCUT2D eigenvalue weighted by atomic mass is 10.1. The fraction of sp³-hybridized carbons (Fsp3) is 0.200. The zero-order chi connectivity index (χ0) is 14.1. The Hall–Kier alpha value is -2.36. The molecule has 0 radical (unpaired) electrons. The van der Waals surface area contributed by atoms with Crippen LogP contribution in [0.5, 0.6) is 0 Å². The number of rotatable bonds is 7. The first-order chi connectivity index (χ1) is 9.15. The molecule has 0 fully saturated rings. The molecule has 0 aromatic heterocycles. The smallest absolute Gasteiger partial charge is 0.305 e. The number of aldehydes is 1. The second-order valence-corrected chi connectivity index (χ2v) is 4.00. The molecule has 1 rings (SSSR count). The van der Waals surface area contributed by atoms with E-state index >= 15 is 0 Å². The van der Waals surface area contributed by atoms with Crippen LogP contribution in [0.15, 0.2) is 48.6 Å². The highest BCUT2D eigenvalue weighted by Gasteiger charge is 2.09. The Morgan fingerprint density at radius 3 is 2.53 bits per heavy atom. The average molecular weight is 259 g/mol. The average Bonchev–Trinajstić information content (AvgIpc) is 2.39. The van der Waals surface area contributed by atoms with Crippen LogP contribution in [0.25, 0.3) is 0 Å². The first-order valence-electron chi connectivity index (χ1n) is 5.98. The molecule has 1 aromatic rings. The van der Waals surface area contributed by atoms with Gasteiger partial charge in [-0.15, -0.1) is 0 Å². The second kappa shape index (κ2) is 7.87. The molecule has 0 bridgehead atoms. The van der Waals surface area contributed by atoms with Crippen LogP contribution in [-0.2, 0) is 4.79 Å². The van der Waals surface area contributed by atoms with Gasteiger partial charge in [0.2, 0.25) is 0 Å². The Kier molecular flexibility index (Phi) is 6.09. The number of benzene rings is 1. The maximum atomic E-state index is 10.8. The number of hydrogen-bond donors (Lipinski definition) is 2. The molecule has 0 saturated carbocycles. The Bertz CT molecular complexity index is 475. The molecule has 0 unspecified atom stereocenters. The van der Waals surface area contributed by atoms with Crippen LogP contribution in [0.3, 0.4) is 0 Å². The summed E-state index contributed by atoms with van der Waals surface area (Å²) in [6.45, 7) is 1.89. The number of allylic oxidation sites excluding steroid dienone is 3. The van der Waals surface area contributed by atoms with E-state index in [4.69, 9.17) is 5.11 Å².